The van der Waals surface area contributed by atoms with E-state index < -0.39 is 0 Å². The first-order valence-corrected chi connectivity index (χ1v) is 7.37. The molecule has 1 aromatic carbocycles. The molecule has 0 spiro atoms. The Morgan fingerprint density at radius 3 is 1.95 bits per heavy atom. The summed E-state index contributed by atoms with van der Waals surface area (Å²) in [5.74, 6) is 0.218. The fourth-order valence-corrected chi connectivity index (χ4v) is 1.97. The molecular formula is C18H29NO. The maximum absolute atomic E-state index is 12.1. The third-order valence-electron chi connectivity index (χ3n) is 3.78. The van der Waals surface area contributed by atoms with Crippen molar-refractivity contribution >= 4 is 5.78 Å². The van der Waals surface area contributed by atoms with Crippen LogP contribution in [0.1, 0.15) is 59.1 Å². The van der Waals surface area contributed by atoms with E-state index in [0.29, 0.717) is 12.8 Å². The second-order valence-corrected chi connectivity index (χ2v) is 7.84. The van der Waals surface area contributed by atoms with Crippen molar-refractivity contribution in [3.8, 4) is 0 Å². The van der Waals surface area contributed by atoms with Crippen molar-refractivity contribution in [2.45, 2.75) is 65.8 Å². The lowest BCUT2D eigenvalue weighted by Crippen LogP contribution is -2.37. The first kappa shape index (κ1) is 16.9. The predicted molar refractivity (Wildman–Crippen MR) is 85.9 cm³/mol. The van der Waals surface area contributed by atoms with E-state index in [4.69, 9.17) is 5.73 Å². The highest BCUT2D eigenvalue weighted by molar-refractivity contribution is 5.81. The fraction of sp³-hybridized carbons (Fsp3) is 0.611. The van der Waals surface area contributed by atoms with Crippen LogP contribution in [-0.2, 0) is 16.6 Å². The lowest BCUT2D eigenvalue weighted by molar-refractivity contribution is -0.119. The molecule has 2 heteroatoms. The summed E-state index contributed by atoms with van der Waals surface area (Å²) in [7, 11) is 0. The Morgan fingerprint density at radius 2 is 1.55 bits per heavy atom. The zero-order chi connectivity index (χ0) is 15.6. The summed E-state index contributed by atoms with van der Waals surface area (Å²) in [4.78, 5) is 12.1. The van der Waals surface area contributed by atoms with Crippen molar-refractivity contribution in [1.29, 1.82) is 0 Å². The van der Waals surface area contributed by atoms with E-state index in [-0.39, 0.29) is 22.7 Å². The molecule has 0 aliphatic heterocycles. The lowest BCUT2D eigenvalue weighted by Gasteiger charge is -2.26. The zero-order valence-electron chi connectivity index (χ0n) is 13.8. The number of hydrogen-bond donors (Lipinski definition) is 1. The van der Waals surface area contributed by atoms with E-state index in [1.54, 1.807) is 0 Å². The van der Waals surface area contributed by atoms with Gasteiger partial charge >= 0.3 is 0 Å². The van der Waals surface area contributed by atoms with Crippen molar-refractivity contribution in [2.24, 2.45) is 11.1 Å². The molecule has 0 heterocycles. The van der Waals surface area contributed by atoms with Gasteiger partial charge in [0.2, 0.25) is 0 Å². The van der Waals surface area contributed by atoms with Gasteiger partial charge in [0, 0.05) is 18.9 Å². The normalized spacial score (nSPS) is 14.2. The quantitative estimate of drug-likeness (QED) is 0.906. The Labute approximate surface area is 123 Å². The average Bonchev–Trinajstić information content (AvgIpc) is 2.26. The van der Waals surface area contributed by atoms with E-state index in [9.17, 15) is 4.79 Å². The van der Waals surface area contributed by atoms with Crippen molar-refractivity contribution in [3.05, 3.63) is 35.4 Å². The van der Waals surface area contributed by atoms with E-state index in [2.05, 4.69) is 65.8 Å². The topological polar surface area (TPSA) is 43.1 Å². The van der Waals surface area contributed by atoms with Crippen LogP contribution >= 0.6 is 0 Å². The minimum Gasteiger partial charge on any atom is -0.327 e. The van der Waals surface area contributed by atoms with Gasteiger partial charge in [0.15, 0.2) is 0 Å². The number of carbonyl (C=O) groups is 1. The van der Waals surface area contributed by atoms with Crippen LogP contribution in [-0.4, -0.2) is 11.8 Å². The minimum absolute atomic E-state index is 0.0221. The number of benzene rings is 1. The Morgan fingerprint density at radius 1 is 1.05 bits per heavy atom. The molecule has 1 aromatic rings. The highest BCUT2D eigenvalue weighted by atomic mass is 16.1. The van der Waals surface area contributed by atoms with Gasteiger partial charge in [-0.25, -0.2) is 0 Å². The second-order valence-electron chi connectivity index (χ2n) is 7.84. The van der Waals surface area contributed by atoms with Gasteiger partial charge < -0.3 is 5.73 Å². The molecule has 1 rings (SSSR count). The molecule has 0 aliphatic rings. The number of carbonyl (C=O) groups excluding carboxylic acids is 1. The van der Waals surface area contributed by atoms with Crippen LogP contribution in [0.3, 0.4) is 0 Å². The molecular weight excluding hydrogens is 246 g/mol. The molecule has 1 atom stereocenters. The smallest absolute Gasteiger partial charge is 0.138 e. The number of Topliss-reactive ketones (excluding diaryl/α,β-unsaturated/α-hetero) is 1. The minimum atomic E-state index is -0.0798. The summed E-state index contributed by atoms with van der Waals surface area (Å²) < 4.78 is 0. The predicted octanol–water partition coefficient (Wildman–Crippen LogP) is 3.86. The maximum Gasteiger partial charge on any atom is 0.138 e. The van der Waals surface area contributed by atoms with Gasteiger partial charge in [-0.1, -0.05) is 65.8 Å². The first-order chi connectivity index (χ1) is 9.00. The van der Waals surface area contributed by atoms with Crippen molar-refractivity contribution in [2.75, 3.05) is 0 Å². The van der Waals surface area contributed by atoms with Gasteiger partial charge in [-0.3, -0.25) is 4.79 Å². The molecule has 112 valence electrons. The number of ketones is 1. The molecule has 1 unspecified atom stereocenters. The molecule has 0 saturated heterocycles. The number of rotatable bonds is 4. The Bertz CT molecular complexity index is 446. The van der Waals surface area contributed by atoms with Crippen molar-refractivity contribution in [1.82, 2.24) is 0 Å². The van der Waals surface area contributed by atoms with Crippen molar-refractivity contribution in [3.63, 3.8) is 0 Å². The van der Waals surface area contributed by atoms with Gasteiger partial charge in [-0.15, -0.1) is 0 Å². The van der Waals surface area contributed by atoms with Crippen molar-refractivity contribution < 1.29 is 4.79 Å². The summed E-state index contributed by atoms with van der Waals surface area (Å²) in [5.41, 5.74) is 8.56. The summed E-state index contributed by atoms with van der Waals surface area (Å²) in [6.45, 7) is 12.8. The van der Waals surface area contributed by atoms with Crippen LogP contribution in [0.4, 0.5) is 0 Å². The molecule has 0 saturated carbocycles. The summed E-state index contributed by atoms with van der Waals surface area (Å²) >= 11 is 0. The molecule has 0 fully saturated rings. The molecule has 2 nitrogen and oxygen atoms in total. The van der Waals surface area contributed by atoms with Crippen LogP contribution in [0.15, 0.2) is 24.3 Å². The van der Waals surface area contributed by atoms with Gasteiger partial charge in [-0.2, -0.15) is 0 Å². The van der Waals surface area contributed by atoms with Crippen LogP contribution < -0.4 is 5.73 Å². The molecule has 20 heavy (non-hydrogen) atoms. The standard InChI is InChI=1S/C18H29NO/c1-17(2,3)14-9-7-13(8-10-14)11-15(20)12-16(19)18(4,5)6/h7-10,16H,11-12,19H2,1-6H3. The molecule has 0 radical (unpaired) electrons. The first-order valence-electron chi connectivity index (χ1n) is 7.37. The Kier molecular flexibility index (Phi) is 5.15. The average molecular weight is 275 g/mol. The Balaban J connectivity index is 2.64. The van der Waals surface area contributed by atoms with Crippen LogP contribution in [0.5, 0.6) is 0 Å². The second kappa shape index (κ2) is 6.09. The number of hydrogen-bond acceptors (Lipinski definition) is 2. The largest absolute Gasteiger partial charge is 0.327 e. The summed E-state index contributed by atoms with van der Waals surface area (Å²) in [5, 5.41) is 0. The van der Waals surface area contributed by atoms with Gasteiger partial charge in [0.1, 0.15) is 5.78 Å². The van der Waals surface area contributed by atoms with Crippen LogP contribution in [0, 0.1) is 5.41 Å². The molecule has 0 aliphatic carbocycles. The van der Waals surface area contributed by atoms with E-state index in [1.807, 2.05) is 0 Å². The lowest BCUT2D eigenvalue weighted by atomic mass is 9.83. The monoisotopic (exact) mass is 275 g/mol. The molecule has 2 N–H and O–H groups in total. The summed E-state index contributed by atoms with van der Waals surface area (Å²) in [6.07, 6.45) is 0.929. The third kappa shape index (κ3) is 5.09. The third-order valence-corrected chi connectivity index (χ3v) is 3.78. The SMILES string of the molecule is CC(C)(C)c1ccc(CC(=O)CC(N)C(C)(C)C)cc1. The van der Waals surface area contributed by atoms with Crippen LogP contribution in [0.25, 0.3) is 0 Å². The zero-order valence-corrected chi connectivity index (χ0v) is 13.8. The van der Waals surface area contributed by atoms with E-state index in [1.165, 1.54) is 5.56 Å². The van der Waals surface area contributed by atoms with Gasteiger partial charge in [-0.05, 0) is 22.0 Å². The molecule has 0 bridgehead atoms. The summed E-state index contributed by atoms with van der Waals surface area (Å²) in [6, 6.07) is 8.27. The van der Waals surface area contributed by atoms with E-state index in [0.717, 1.165) is 5.56 Å². The van der Waals surface area contributed by atoms with Gasteiger partial charge in [0.05, 0.1) is 0 Å². The molecule has 0 aromatic heterocycles. The highest BCUT2D eigenvalue weighted by Gasteiger charge is 2.23. The fourth-order valence-electron chi connectivity index (χ4n) is 1.97. The number of nitrogens with two attached hydrogens (primary N) is 1. The Hall–Kier alpha value is -1.15. The maximum atomic E-state index is 12.1. The van der Waals surface area contributed by atoms with E-state index >= 15 is 0 Å². The highest BCUT2D eigenvalue weighted by Crippen LogP contribution is 2.23. The van der Waals surface area contributed by atoms with Gasteiger partial charge in [0.25, 0.3) is 0 Å². The van der Waals surface area contributed by atoms with Crippen LogP contribution in [0.2, 0.25) is 0 Å². The molecule has 0 amide bonds.